The van der Waals surface area contributed by atoms with Crippen molar-refractivity contribution in [3.63, 3.8) is 0 Å². The summed E-state index contributed by atoms with van der Waals surface area (Å²) >= 11 is 6.07. The number of nitrogens with zero attached hydrogens (tertiary/aromatic N) is 1. The third-order valence-electron chi connectivity index (χ3n) is 4.54. The maximum Gasteiger partial charge on any atom is 0.261 e. The minimum absolute atomic E-state index is 0.189. The molecule has 3 aromatic carbocycles. The molecule has 6 heteroatoms. The van der Waals surface area contributed by atoms with Gasteiger partial charge in [-0.2, -0.15) is 0 Å². The molecule has 1 heterocycles. The summed E-state index contributed by atoms with van der Waals surface area (Å²) in [4.78, 5) is 39.1. The van der Waals surface area contributed by atoms with Gasteiger partial charge >= 0.3 is 0 Å². The second-order valence-corrected chi connectivity index (χ2v) is 6.78. The molecule has 0 radical (unpaired) electrons. The maximum absolute atomic E-state index is 12.8. The average Bonchev–Trinajstić information content (AvgIpc) is 2.95. The molecule has 28 heavy (non-hydrogen) atoms. The van der Waals surface area contributed by atoms with Crippen LogP contribution >= 0.6 is 11.6 Å². The van der Waals surface area contributed by atoms with E-state index in [1.165, 1.54) is 23.1 Å². The third kappa shape index (κ3) is 3.28. The third-order valence-corrected chi connectivity index (χ3v) is 4.87. The molecule has 0 bridgehead atoms. The molecule has 0 unspecified atom stereocenters. The average molecular weight is 391 g/mol. The van der Waals surface area contributed by atoms with Crippen LogP contribution in [0, 0.1) is 0 Å². The van der Waals surface area contributed by atoms with Crippen molar-refractivity contribution in [2.75, 3.05) is 5.32 Å². The van der Waals surface area contributed by atoms with Crippen LogP contribution in [-0.4, -0.2) is 22.6 Å². The molecule has 1 aliphatic rings. The molecule has 1 aliphatic heterocycles. The number of rotatable bonds is 4. The quantitative estimate of drug-likeness (QED) is 0.672. The van der Waals surface area contributed by atoms with Crippen LogP contribution < -0.4 is 5.32 Å². The standard InChI is InChI=1S/C22H15ClN2O3/c23-18-8-4-5-9-19(18)24-20(26)15-10-11-16-17(12-15)22(28)25(21(16)27)13-14-6-2-1-3-7-14/h1-12H,13H2,(H,24,26). The zero-order valence-electron chi connectivity index (χ0n) is 14.7. The van der Waals surface area contributed by atoms with E-state index in [4.69, 9.17) is 11.6 Å². The molecule has 5 nitrogen and oxygen atoms in total. The lowest BCUT2D eigenvalue weighted by Crippen LogP contribution is -2.29. The maximum atomic E-state index is 12.8. The largest absolute Gasteiger partial charge is 0.321 e. The first-order chi connectivity index (χ1) is 13.5. The van der Waals surface area contributed by atoms with Crippen LogP contribution in [0.25, 0.3) is 0 Å². The molecule has 0 aromatic heterocycles. The molecule has 0 fully saturated rings. The molecule has 0 saturated heterocycles. The Balaban J connectivity index is 1.58. The number of amides is 3. The zero-order valence-corrected chi connectivity index (χ0v) is 15.4. The smallest absolute Gasteiger partial charge is 0.261 e. The minimum atomic E-state index is -0.406. The number of imide groups is 1. The van der Waals surface area contributed by atoms with E-state index in [2.05, 4.69) is 5.32 Å². The molecule has 0 spiro atoms. The minimum Gasteiger partial charge on any atom is -0.321 e. The van der Waals surface area contributed by atoms with E-state index in [1.54, 1.807) is 24.3 Å². The number of halogens is 1. The second-order valence-electron chi connectivity index (χ2n) is 6.38. The van der Waals surface area contributed by atoms with E-state index >= 15 is 0 Å². The number of anilines is 1. The SMILES string of the molecule is O=C(Nc1ccccc1Cl)c1ccc2c(c1)C(=O)N(Cc1ccccc1)C2=O. The number of fused-ring (bicyclic) bond motifs is 1. The number of benzene rings is 3. The van der Waals surface area contributed by atoms with Crippen LogP contribution in [0.15, 0.2) is 72.8 Å². The lowest BCUT2D eigenvalue weighted by Gasteiger charge is -2.13. The van der Waals surface area contributed by atoms with Crippen LogP contribution in [0.1, 0.15) is 36.6 Å². The molecular formula is C22H15ClN2O3. The lowest BCUT2D eigenvalue weighted by molar-refractivity contribution is 0.0642. The van der Waals surface area contributed by atoms with Crippen molar-refractivity contribution in [3.8, 4) is 0 Å². The summed E-state index contributed by atoms with van der Waals surface area (Å²) in [6, 6.07) is 20.7. The van der Waals surface area contributed by atoms with E-state index in [0.717, 1.165) is 5.56 Å². The van der Waals surface area contributed by atoms with Crippen LogP contribution in [0.4, 0.5) is 5.69 Å². The highest BCUT2D eigenvalue weighted by molar-refractivity contribution is 6.34. The Bertz CT molecular complexity index is 1100. The number of hydrogen-bond donors (Lipinski definition) is 1. The van der Waals surface area contributed by atoms with Gasteiger partial charge in [-0.15, -0.1) is 0 Å². The Hall–Kier alpha value is -3.44. The van der Waals surface area contributed by atoms with Gasteiger partial charge in [0, 0.05) is 5.56 Å². The molecule has 4 rings (SSSR count). The first-order valence-electron chi connectivity index (χ1n) is 8.64. The fourth-order valence-electron chi connectivity index (χ4n) is 3.10. The number of hydrogen-bond acceptors (Lipinski definition) is 3. The van der Waals surface area contributed by atoms with E-state index in [0.29, 0.717) is 16.3 Å². The Morgan fingerprint density at radius 1 is 0.857 bits per heavy atom. The molecular weight excluding hydrogens is 376 g/mol. The number of nitrogens with one attached hydrogen (secondary N) is 1. The number of para-hydroxylation sites is 1. The number of carbonyl (C=O) groups is 3. The topological polar surface area (TPSA) is 66.5 Å². The highest BCUT2D eigenvalue weighted by Gasteiger charge is 2.36. The van der Waals surface area contributed by atoms with Gasteiger partial charge in [0.15, 0.2) is 0 Å². The Morgan fingerprint density at radius 2 is 1.54 bits per heavy atom. The van der Waals surface area contributed by atoms with Gasteiger partial charge in [0.2, 0.25) is 0 Å². The summed E-state index contributed by atoms with van der Waals surface area (Å²) in [5.74, 6) is -1.17. The first kappa shape index (κ1) is 17.9. The van der Waals surface area contributed by atoms with Gasteiger partial charge in [0.05, 0.1) is 28.4 Å². The fourth-order valence-corrected chi connectivity index (χ4v) is 3.28. The van der Waals surface area contributed by atoms with Crippen LogP contribution in [-0.2, 0) is 6.54 Å². The molecule has 0 saturated carbocycles. The van der Waals surface area contributed by atoms with Gasteiger partial charge in [-0.1, -0.05) is 54.1 Å². The highest BCUT2D eigenvalue weighted by Crippen LogP contribution is 2.27. The molecule has 138 valence electrons. The summed E-state index contributed by atoms with van der Waals surface area (Å²) in [5, 5.41) is 3.13. The Kier molecular flexibility index (Phi) is 4.67. The first-order valence-corrected chi connectivity index (χ1v) is 9.02. The summed E-state index contributed by atoms with van der Waals surface area (Å²) in [5.41, 5.74) is 2.14. The van der Waals surface area contributed by atoms with Crippen molar-refractivity contribution in [3.05, 3.63) is 100 Å². The van der Waals surface area contributed by atoms with E-state index in [1.807, 2.05) is 30.3 Å². The Morgan fingerprint density at radius 3 is 2.29 bits per heavy atom. The predicted molar refractivity (Wildman–Crippen MR) is 106 cm³/mol. The molecule has 3 amide bonds. The van der Waals surface area contributed by atoms with Crippen molar-refractivity contribution >= 4 is 35.0 Å². The second kappa shape index (κ2) is 7.29. The summed E-state index contributed by atoms with van der Waals surface area (Å²) in [6.07, 6.45) is 0. The van der Waals surface area contributed by atoms with Crippen LogP contribution in [0.3, 0.4) is 0 Å². The van der Waals surface area contributed by atoms with Crippen molar-refractivity contribution in [2.45, 2.75) is 6.54 Å². The molecule has 1 N–H and O–H groups in total. The fraction of sp³-hybridized carbons (Fsp3) is 0.0455. The molecule has 3 aromatic rings. The van der Waals surface area contributed by atoms with Gasteiger partial charge in [0.25, 0.3) is 17.7 Å². The van der Waals surface area contributed by atoms with E-state index in [-0.39, 0.29) is 23.6 Å². The normalized spacial score (nSPS) is 12.8. The van der Waals surface area contributed by atoms with E-state index < -0.39 is 11.8 Å². The van der Waals surface area contributed by atoms with Crippen molar-refractivity contribution in [1.82, 2.24) is 4.90 Å². The van der Waals surface area contributed by atoms with E-state index in [9.17, 15) is 14.4 Å². The molecule has 0 atom stereocenters. The predicted octanol–water partition coefficient (Wildman–Crippen LogP) is 4.39. The van der Waals surface area contributed by atoms with Gasteiger partial charge in [-0.05, 0) is 35.9 Å². The van der Waals surface area contributed by atoms with Crippen molar-refractivity contribution in [1.29, 1.82) is 0 Å². The Labute approximate surface area is 166 Å². The molecule has 0 aliphatic carbocycles. The summed E-state index contributed by atoms with van der Waals surface area (Å²) in [6.45, 7) is 0.189. The number of carbonyl (C=O) groups excluding carboxylic acids is 3. The van der Waals surface area contributed by atoms with Gasteiger partial charge in [-0.25, -0.2) is 0 Å². The van der Waals surface area contributed by atoms with Crippen molar-refractivity contribution < 1.29 is 14.4 Å². The van der Waals surface area contributed by atoms with Gasteiger partial charge in [-0.3, -0.25) is 19.3 Å². The summed E-state index contributed by atoms with van der Waals surface area (Å²) < 4.78 is 0. The van der Waals surface area contributed by atoms with Crippen molar-refractivity contribution in [2.24, 2.45) is 0 Å². The summed E-state index contributed by atoms with van der Waals surface area (Å²) in [7, 11) is 0. The monoisotopic (exact) mass is 390 g/mol. The van der Waals surface area contributed by atoms with Gasteiger partial charge in [0.1, 0.15) is 0 Å². The lowest BCUT2D eigenvalue weighted by atomic mass is 10.1. The highest BCUT2D eigenvalue weighted by atomic mass is 35.5. The van der Waals surface area contributed by atoms with Gasteiger partial charge < -0.3 is 5.32 Å². The zero-order chi connectivity index (χ0) is 19.7. The van der Waals surface area contributed by atoms with Crippen LogP contribution in [0.2, 0.25) is 5.02 Å². The van der Waals surface area contributed by atoms with Crippen LogP contribution in [0.5, 0.6) is 0 Å².